The van der Waals surface area contributed by atoms with E-state index in [0.717, 1.165) is 24.3 Å². The van der Waals surface area contributed by atoms with E-state index >= 15 is 0 Å². The Labute approximate surface area is 174 Å². The van der Waals surface area contributed by atoms with E-state index in [1.54, 1.807) is 18.2 Å². The van der Waals surface area contributed by atoms with Gasteiger partial charge in [-0.1, -0.05) is 57.1 Å². The number of nitrogens with one attached hydrogen (secondary N) is 2. The number of anilines is 1. The molecule has 1 atom stereocenters. The van der Waals surface area contributed by atoms with Gasteiger partial charge in [0.05, 0.1) is 4.90 Å². The highest BCUT2D eigenvalue weighted by molar-refractivity contribution is 7.90. The summed E-state index contributed by atoms with van der Waals surface area (Å²) in [5, 5.41) is 12.2. The maximum Gasteiger partial charge on any atom is 0.263 e. The average Bonchev–Trinajstić information content (AvgIpc) is 3.20. The predicted molar refractivity (Wildman–Crippen MR) is 114 cm³/mol. The van der Waals surface area contributed by atoms with E-state index in [0.29, 0.717) is 23.0 Å². The first kappa shape index (κ1) is 21.4. The summed E-state index contributed by atoms with van der Waals surface area (Å²) >= 11 is 1.35. The van der Waals surface area contributed by atoms with Crippen molar-refractivity contribution in [2.45, 2.75) is 57.4 Å². The summed E-state index contributed by atoms with van der Waals surface area (Å²) in [4.78, 5) is 17.5. The smallest absolute Gasteiger partial charge is 0.263 e. The number of sulfonamides is 1. The fraction of sp³-hybridized carbons (Fsp3) is 0.474. The van der Waals surface area contributed by atoms with Crippen LogP contribution in [0.4, 0.5) is 5.13 Å². The lowest BCUT2D eigenvalue weighted by atomic mass is 10.1. The normalized spacial score (nSPS) is 17.2. The molecule has 1 unspecified atom stereocenters. The Bertz CT molecular complexity index is 1010. The zero-order valence-electron chi connectivity index (χ0n) is 16.7. The fourth-order valence-electron chi connectivity index (χ4n) is 2.96. The molecule has 0 fully saturated rings. The van der Waals surface area contributed by atoms with E-state index < -0.39 is 16.1 Å². The minimum absolute atomic E-state index is 0.177. The fourth-order valence-corrected chi connectivity index (χ4v) is 5.16. The second kappa shape index (κ2) is 9.00. The third kappa shape index (κ3) is 5.18. The number of rotatable bonds is 8. The van der Waals surface area contributed by atoms with Crippen molar-refractivity contribution in [3.63, 3.8) is 0 Å². The number of benzene rings is 1. The molecule has 1 aliphatic rings. The van der Waals surface area contributed by atoms with E-state index in [9.17, 15) is 13.2 Å². The van der Waals surface area contributed by atoms with Crippen molar-refractivity contribution in [3.05, 3.63) is 34.8 Å². The van der Waals surface area contributed by atoms with E-state index in [-0.39, 0.29) is 16.6 Å². The number of nitrogens with zero attached hydrogens (tertiary/aromatic N) is 3. The molecule has 2 N–H and O–H groups in total. The predicted octanol–water partition coefficient (Wildman–Crippen LogP) is 2.97. The van der Waals surface area contributed by atoms with Gasteiger partial charge < -0.3 is 0 Å². The lowest BCUT2D eigenvalue weighted by Gasteiger charge is -2.12. The Kier molecular flexibility index (Phi) is 6.63. The van der Waals surface area contributed by atoms with Crippen LogP contribution in [-0.2, 0) is 21.2 Å². The molecule has 0 spiro atoms. The van der Waals surface area contributed by atoms with Crippen molar-refractivity contribution in [2.24, 2.45) is 10.9 Å². The molecule has 0 saturated heterocycles. The number of amidine groups is 1. The Balaban J connectivity index is 1.82. The van der Waals surface area contributed by atoms with Gasteiger partial charge in [0.25, 0.3) is 15.9 Å². The summed E-state index contributed by atoms with van der Waals surface area (Å²) in [6, 6.07) is 5.89. The standard InChI is InChI=1S/C19H25N5O3S2/c1-4-5-9-14(18(25)21-19-23-22-16(28-19)11-12(2)3)20-17-13-8-6-7-10-15(13)29(26,27)24-17/h6-8,10,12,14H,4-5,9,11H2,1-3H3,(H,20,24)(H,21,23,25). The summed E-state index contributed by atoms with van der Waals surface area (Å²) < 4.78 is 27.1. The van der Waals surface area contributed by atoms with E-state index in [4.69, 9.17) is 0 Å². The largest absolute Gasteiger partial charge is 0.299 e. The Morgan fingerprint density at radius 1 is 1.28 bits per heavy atom. The molecule has 0 saturated carbocycles. The van der Waals surface area contributed by atoms with Gasteiger partial charge in [-0.15, -0.1) is 10.2 Å². The van der Waals surface area contributed by atoms with Crippen molar-refractivity contribution in [3.8, 4) is 0 Å². The molecule has 1 amide bonds. The molecule has 1 aromatic heterocycles. The number of amides is 1. The van der Waals surface area contributed by atoms with Crippen molar-refractivity contribution in [1.82, 2.24) is 14.9 Å². The van der Waals surface area contributed by atoms with Crippen molar-refractivity contribution in [1.29, 1.82) is 0 Å². The summed E-state index contributed by atoms with van der Waals surface area (Å²) in [6.07, 6.45) is 2.99. The van der Waals surface area contributed by atoms with Crippen LogP contribution in [0.2, 0.25) is 0 Å². The number of aromatic nitrogens is 2. The van der Waals surface area contributed by atoms with Crippen molar-refractivity contribution >= 4 is 38.2 Å². The van der Waals surface area contributed by atoms with Gasteiger partial charge >= 0.3 is 0 Å². The van der Waals surface area contributed by atoms with Gasteiger partial charge in [-0.25, -0.2) is 8.42 Å². The number of hydrogen-bond donors (Lipinski definition) is 2. The maximum absolute atomic E-state index is 12.9. The van der Waals surface area contributed by atoms with Crippen LogP contribution in [0.5, 0.6) is 0 Å². The second-order valence-electron chi connectivity index (χ2n) is 7.33. The van der Waals surface area contributed by atoms with Crippen LogP contribution in [0.25, 0.3) is 0 Å². The zero-order valence-corrected chi connectivity index (χ0v) is 18.3. The van der Waals surface area contributed by atoms with E-state index in [1.165, 1.54) is 17.4 Å². The molecule has 29 heavy (non-hydrogen) atoms. The SMILES string of the molecule is CCCCC(N=C1NS(=O)(=O)c2ccccc21)C(=O)Nc1nnc(CC(C)C)s1. The van der Waals surface area contributed by atoms with Gasteiger partial charge in [-0.05, 0) is 24.5 Å². The lowest BCUT2D eigenvalue weighted by Crippen LogP contribution is -2.30. The van der Waals surface area contributed by atoms with Crippen LogP contribution in [0.3, 0.4) is 0 Å². The van der Waals surface area contributed by atoms with E-state index in [2.05, 4.69) is 39.1 Å². The molecule has 0 aliphatic carbocycles. The summed E-state index contributed by atoms with van der Waals surface area (Å²) in [5.41, 5.74) is 0.483. The molecule has 0 bridgehead atoms. The van der Waals surface area contributed by atoms with Crippen LogP contribution in [0, 0.1) is 5.92 Å². The minimum Gasteiger partial charge on any atom is -0.299 e. The Hall–Kier alpha value is -2.33. The molecule has 10 heteroatoms. The molecule has 0 radical (unpaired) electrons. The number of hydrogen-bond acceptors (Lipinski definition) is 7. The van der Waals surface area contributed by atoms with Crippen molar-refractivity contribution < 1.29 is 13.2 Å². The number of carbonyl (C=O) groups is 1. The average molecular weight is 436 g/mol. The third-order valence-corrected chi connectivity index (χ3v) is 6.62. The highest BCUT2D eigenvalue weighted by Crippen LogP contribution is 2.24. The number of carbonyl (C=O) groups excluding carboxylic acids is 1. The molecule has 1 aliphatic heterocycles. The first-order valence-electron chi connectivity index (χ1n) is 9.63. The monoisotopic (exact) mass is 435 g/mol. The van der Waals surface area contributed by atoms with Crippen LogP contribution in [0.15, 0.2) is 34.2 Å². The van der Waals surface area contributed by atoms with Gasteiger partial charge in [-0.2, -0.15) is 0 Å². The maximum atomic E-state index is 12.9. The molecule has 3 rings (SSSR count). The summed E-state index contributed by atoms with van der Waals surface area (Å²) in [7, 11) is -3.65. The molecule has 2 aromatic rings. The lowest BCUT2D eigenvalue weighted by molar-refractivity contribution is -0.117. The number of fused-ring (bicyclic) bond motifs is 1. The number of aliphatic imine (C=N–C) groups is 1. The zero-order chi connectivity index (χ0) is 21.0. The molecular weight excluding hydrogens is 410 g/mol. The molecule has 156 valence electrons. The first-order valence-corrected chi connectivity index (χ1v) is 11.9. The van der Waals surface area contributed by atoms with Gasteiger partial charge in [0.2, 0.25) is 5.13 Å². The second-order valence-corrected chi connectivity index (χ2v) is 10.0. The minimum atomic E-state index is -3.65. The Morgan fingerprint density at radius 2 is 2.03 bits per heavy atom. The number of unbranched alkanes of at least 4 members (excludes halogenated alkanes) is 1. The van der Waals surface area contributed by atoms with Gasteiger partial charge in [0.15, 0.2) is 0 Å². The Morgan fingerprint density at radius 3 is 2.76 bits per heavy atom. The molecule has 2 heterocycles. The molecular formula is C19H25N5O3S2. The summed E-state index contributed by atoms with van der Waals surface area (Å²) in [5.74, 6) is 0.335. The van der Waals surface area contributed by atoms with Crippen LogP contribution in [0.1, 0.15) is 50.6 Å². The highest BCUT2D eigenvalue weighted by Gasteiger charge is 2.32. The van der Waals surface area contributed by atoms with Gasteiger partial charge in [-0.3, -0.25) is 19.8 Å². The van der Waals surface area contributed by atoms with Gasteiger partial charge in [0, 0.05) is 12.0 Å². The molecule has 8 nitrogen and oxygen atoms in total. The van der Waals surface area contributed by atoms with Crippen LogP contribution in [-0.4, -0.2) is 36.4 Å². The van der Waals surface area contributed by atoms with Crippen LogP contribution < -0.4 is 10.0 Å². The quantitative estimate of drug-likeness (QED) is 0.662. The summed E-state index contributed by atoms with van der Waals surface area (Å²) in [6.45, 7) is 6.21. The van der Waals surface area contributed by atoms with Gasteiger partial charge in [0.1, 0.15) is 16.9 Å². The van der Waals surface area contributed by atoms with Crippen molar-refractivity contribution in [2.75, 3.05) is 5.32 Å². The third-order valence-electron chi connectivity index (χ3n) is 4.36. The highest BCUT2D eigenvalue weighted by atomic mass is 32.2. The first-order chi connectivity index (χ1) is 13.8. The van der Waals surface area contributed by atoms with E-state index in [1.807, 2.05) is 6.92 Å². The molecule has 1 aromatic carbocycles. The topological polar surface area (TPSA) is 113 Å². The van der Waals surface area contributed by atoms with Crippen LogP contribution >= 0.6 is 11.3 Å².